The summed E-state index contributed by atoms with van der Waals surface area (Å²) in [4.78, 5) is 18.6. The number of likely N-dealkylation sites (N-methyl/N-ethyl adjacent to an activating group) is 1. The van der Waals surface area contributed by atoms with E-state index in [-0.39, 0.29) is 12.1 Å². The van der Waals surface area contributed by atoms with Crippen LogP contribution in [-0.4, -0.2) is 58.3 Å². The number of fused-ring (bicyclic) bond motifs is 1. The van der Waals surface area contributed by atoms with Crippen LogP contribution >= 0.6 is 0 Å². The van der Waals surface area contributed by atoms with Crippen molar-refractivity contribution in [2.45, 2.75) is 19.4 Å². The van der Waals surface area contributed by atoms with Crippen molar-refractivity contribution in [1.82, 2.24) is 19.5 Å². The van der Waals surface area contributed by atoms with E-state index in [1.807, 2.05) is 24.3 Å². The number of hydrogen-bond acceptors (Lipinski definition) is 6. The van der Waals surface area contributed by atoms with Crippen molar-refractivity contribution in [1.29, 1.82) is 0 Å². The Labute approximate surface area is 157 Å². The summed E-state index contributed by atoms with van der Waals surface area (Å²) in [6, 6.07) is 11.0. The highest BCUT2D eigenvalue weighted by Gasteiger charge is 2.23. The van der Waals surface area contributed by atoms with E-state index in [0.717, 1.165) is 43.0 Å². The van der Waals surface area contributed by atoms with Crippen molar-refractivity contribution >= 4 is 11.6 Å². The third-order valence-electron chi connectivity index (χ3n) is 4.88. The first kappa shape index (κ1) is 17.5. The lowest BCUT2D eigenvalue weighted by atomic mass is 10.1. The van der Waals surface area contributed by atoms with Crippen molar-refractivity contribution < 1.29 is 14.3 Å². The monoisotopic (exact) mass is 366 g/mol. The van der Waals surface area contributed by atoms with Crippen LogP contribution in [0.15, 0.2) is 42.6 Å². The Bertz CT molecular complexity index is 969. The molecule has 1 fully saturated rings. The van der Waals surface area contributed by atoms with Crippen molar-refractivity contribution in [2.24, 2.45) is 0 Å². The molecule has 1 aliphatic rings. The largest absolute Gasteiger partial charge is 0.472 e. The molecule has 0 N–H and O–H groups in total. The van der Waals surface area contributed by atoms with E-state index in [1.165, 1.54) is 7.11 Å². The lowest BCUT2D eigenvalue weighted by molar-refractivity contribution is 0.0601. The van der Waals surface area contributed by atoms with E-state index in [1.54, 1.807) is 22.8 Å². The highest BCUT2D eigenvalue weighted by molar-refractivity contribution is 5.90. The molecule has 4 rings (SSSR count). The van der Waals surface area contributed by atoms with E-state index in [9.17, 15) is 4.79 Å². The van der Waals surface area contributed by atoms with Gasteiger partial charge in [-0.3, -0.25) is 4.90 Å². The summed E-state index contributed by atoms with van der Waals surface area (Å²) in [5, 5.41) is 4.62. The standard InChI is InChI=1S/C20H22N4O3/c1-3-23-10-9-16(13-23)27-19-8-7-18-21-12-17(24(18)22-19)14-5-4-6-15(11-14)20(25)26-2/h4-8,11-12,16H,3,9-10,13H2,1-2H3. The van der Waals surface area contributed by atoms with Crippen LogP contribution in [-0.2, 0) is 4.74 Å². The van der Waals surface area contributed by atoms with Crippen LogP contribution in [0.4, 0.5) is 0 Å². The van der Waals surface area contributed by atoms with Gasteiger partial charge in [-0.15, -0.1) is 5.10 Å². The molecule has 0 saturated carbocycles. The molecular formula is C20H22N4O3. The number of benzene rings is 1. The molecule has 1 aliphatic heterocycles. The average molecular weight is 366 g/mol. The Morgan fingerprint density at radius 2 is 2.19 bits per heavy atom. The Morgan fingerprint density at radius 3 is 2.96 bits per heavy atom. The second-order valence-electron chi connectivity index (χ2n) is 6.58. The van der Waals surface area contributed by atoms with E-state index in [2.05, 4.69) is 21.9 Å². The highest BCUT2D eigenvalue weighted by atomic mass is 16.5. The van der Waals surface area contributed by atoms with Crippen LogP contribution in [0.5, 0.6) is 5.88 Å². The molecule has 0 spiro atoms. The van der Waals surface area contributed by atoms with E-state index in [0.29, 0.717) is 11.4 Å². The summed E-state index contributed by atoms with van der Waals surface area (Å²) in [6.07, 6.45) is 2.91. The number of hydrogen-bond donors (Lipinski definition) is 0. The number of likely N-dealkylation sites (tertiary alicyclic amines) is 1. The molecule has 2 aromatic heterocycles. The van der Waals surface area contributed by atoms with Gasteiger partial charge in [0.2, 0.25) is 5.88 Å². The average Bonchev–Trinajstić information content (AvgIpc) is 3.34. The quantitative estimate of drug-likeness (QED) is 0.647. The molecule has 1 atom stereocenters. The van der Waals surface area contributed by atoms with Crippen molar-refractivity contribution in [2.75, 3.05) is 26.7 Å². The molecule has 0 radical (unpaired) electrons. The molecule has 7 heteroatoms. The lowest BCUT2D eigenvalue weighted by Crippen LogP contribution is -2.24. The van der Waals surface area contributed by atoms with Crippen LogP contribution in [0.1, 0.15) is 23.7 Å². The van der Waals surface area contributed by atoms with Gasteiger partial charge >= 0.3 is 5.97 Å². The fourth-order valence-electron chi connectivity index (χ4n) is 3.39. The first-order chi connectivity index (χ1) is 13.2. The molecular weight excluding hydrogens is 344 g/mol. The van der Waals surface area contributed by atoms with Gasteiger partial charge in [0, 0.05) is 24.7 Å². The third kappa shape index (κ3) is 3.50. The number of esters is 1. The first-order valence-corrected chi connectivity index (χ1v) is 9.10. The van der Waals surface area contributed by atoms with Gasteiger partial charge in [0.25, 0.3) is 0 Å². The number of nitrogens with zero attached hydrogens (tertiary/aromatic N) is 4. The number of aromatic nitrogens is 3. The Kier molecular flexibility index (Phi) is 4.77. The van der Waals surface area contributed by atoms with Crippen LogP contribution < -0.4 is 4.74 Å². The van der Waals surface area contributed by atoms with Gasteiger partial charge in [-0.2, -0.15) is 0 Å². The van der Waals surface area contributed by atoms with Gasteiger partial charge in [0.15, 0.2) is 5.65 Å². The molecule has 1 aromatic carbocycles. The molecule has 0 aliphatic carbocycles. The maximum Gasteiger partial charge on any atom is 0.337 e. The van der Waals surface area contributed by atoms with Gasteiger partial charge in [-0.05, 0) is 31.2 Å². The SMILES string of the molecule is CCN1CCC(Oc2ccc3ncc(-c4cccc(C(=O)OC)c4)n3n2)C1. The second kappa shape index (κ2) is 7.36. The maximum atomic E-state index is 11.8. The van der Waals surface area contributed by atoms with Gasteiger partial charge in [-0.1, -0.05) is 19.1 Å². The molecule has 0 amide bonds. The molecule has 3 aromatic rings. The van der Waals surface area contributed by atoms with Crippen molar-refractivity contribution in [3.63, 3.8) is 0 Å². The zero-order valence-corrected chi connectivity index (χ0v) is 15.5. The van der Waals surface area contributed by atoms with E-state index in [4.69, 9.17) is 9.47 Å². The van der Waals surface area contributed by atoms with Gasteiger partial charge in [0.1, 0.15) is 6.10 Å². The summed E-state index contributed by atoms with van der Waals surface area (Å²) in [5.74, 6) is 0.207. The molecule has 3 heterocycles. The smallest absolute Gasteiger partial charge is 0.337 e. The fourth-order valence-corrected chi connectivity index (χ4v) is 3.39. The predicted octanol–water partition coefficient (Wildman–Crippen LogP) is 2.66. The summed E-state index contributed by atoms with van der Waals surface area (Å²) in [7, 11) is 1.37. The van der Waals surface area contributed by atoms with Crippen LogP contribution in [0.3, 0.4) is 0 Å². The topological polar surface area (TPSA) is 69.0 Å². The number of rotatable bonds is 5. The Morgan fingerprint density at radius 1 is 1.30 bits per heavy atom. The predicted molar refractivity (Wildman–Crippen MR) is 101 cm³/mol. The molecule has 27 heavy (non-hydrogen) atoms. The highest BCUT2D eigenvalue weighted by Crippen LogP contribution is 2.23. The third-order valence-corrected chi connectivity index (χ3v) is 4.88. The summed E-state index contributed by atoms with van der Waals surface area (Å²) in [6.45, 7) is 5.18. The maximum absolute atomic E-state index is 11.8. The van der Waals surface area contributed by atoms with Gasteiger partial charge in [-0.25, -0.2) is 14.3 Å². The summed E-state index contributed by atoms with van der Waals surface area (Å²) < 4.78 is 12.6. The number of imidazole rings is 1. The van der Waals surface area contributed by atoms with Gasteiger partial charge in [0.05, 0.1) is 24.6 Å². The van der Waals surface area contributed by atoms with Crippen LogP contribution in [0, 0.1) is 0 Å². The minimum Gasteiger partial charge on any atom is -0.472 e. The number of carbonyl (C=O) groups excluding carboxylic acids is 1. The Hall–Kier alpha value is -2.93. The fraction of sp³-hybridized carbons (Fsp3) is 0.350. The summed E-state index contributed by atoms with van der Waals surface area (Å²) >= 11 is 0. The minimum absolute atomic E-state index is 0.157. The Balaban J connectivity index is 1.64. The molecule has 7 nitrogen and oxygen atoms in total. The van der Waals surface area contributed by atoms with Crippen molar-refractivity contribution in [3.05, 3.63) is 48.2 Å². The van der Waals surface area contributed by atoms with Crippen LogP contribution in [0.2, 0.25) is 0 Å². The first-order valence-electron chi connectivity index (χ1n) is 9.10. The second-order valence-corrected chi connectivity index (χ2v) is 6.58. The van der Waals surface area contributed by atoms with Crippen LogP contribution in [0.25, 0.3) is 16.9 Å². The van der Waals surface area contributed by atoms with Gasteiger partial charge < -0.3 is 9.47 Å². The number of carbonyl (C=O) groups is 1. The number of ether oxygens (including phenoxy) is 2. The molecule has 0 bridgehead atoms. The molecule has 1 unspecified atom stereocenters. The molecule has 1 saturated heterocycles. The number of methoxy groups -OCH3 is 1. The van der Waals surface area contributed by atoms with E-state index < -0.39 is 0 Å². The zero-order chi connectivity index (χ0) is 18.8. The zero-order valence-electron chi connectivity index (χ0n) is 15.5. The minimum atomic E-state index is -0.371. The normalized spacial score (nSPS) is 17.3. The summed E-state index contributed by atoms with van der Waals surface area (Å²) in [5.41, 5.74) is 2.85. The lowest BCUT2D eigenvalue weighted by Gasteiger charge is -2.14. The van der Waals surface area contributed by atoms with Crippen molar-refractivity contribution in [3.8, 4) is 17.1 Å². The molecule has 140 valence electrons. The van der Waals surface area contributed by atoms with E-state index >= 15 is 0 Å².